The van der Waals surface area contributed by atoms with Gasteiger partial charge in [0.05, 0.1) is 11.0 Å². The van der Waals surface area contributed by atoms with Crippen molar-refractivity contribution < 1.29 is 0 Å². The van der Waals surface area contributed by atoms with Crippen molar-refractivity contribution in [2.45, 2.75) is 13.8 Å². The van der Waals surface area contributed by atoms with E-state index >= 15 is 0 Å². The zero-order chi connectivity index (χ0) is 16.2. The molecule has 0 bridgehead atoms. The van der Waals surface area contributed by atoms with Crippen LogP contribution in [-0.2, 0) is 0 Å². The Bertz CT molecular complexity index is 899. The summed E-state index contributed by atoms with van der Waals surface area (Å²) in [6.07, 6.45) is 9.50. The Morgan fingerprint density at radius 3 is 2.78 bits per heavy atom. The van der Waals surface area contributed by atoms with Crippen LogP contribution in [0.2, 0.25) is 0 Å². The van der Waals surface area contributed by atoms with E-state index in [0.717, 1.165) is 28.2 Å². The Morgan fingerprint density at radius 2 is 2.04 bits per heavy atom. The average molecular weight is 301 g/mol. The van der Waals surface area contributed by atoms with Gasteiger partial charge in [-0.1, -0.05) is 36.9 Å². The lowest BCUT2D eigenvalue weighted by atomic mass is 10.2. The molecular weight excluding hydrogens is 282 g/mol. The summed E-state index contributed by atoms with van der Waals surface area (Å²) in [7, 11) is 0. The fraction of sp³-hybridized carbons (Fsp3) is 0.100. The summed E-state index contributed by atoms with van der Waals surface area (Å²) in [5, 5.41) is 0. The van der Waals surface area contributed by atoms with Crippen LogP contribution in [0.1, 0.15) is 12.5 Å². The molecule has 0 spiro atoms. The number of aryl methyl sites for hydroxylation is 1. The third-order valence-electron chi connectivity index (χ3n) is 3.64. The second-order valence-corrected chi connectivity index (χ2v) is 5.41. The van der Waals surface area contributed by atoms with Crippen LogP contribution in [0.4, 0.5) is 0 Å². The van der Waals surface area contributed by atoms with Crippen LogP contribution in [0.5, 0.6) is 0 Å². The first-order valence-corrected chi connectivity index (χ1v) is 7.57. The molecule has 114 valence electrons. The van der Waals surface area contributed by atoms with E-state index in [-0.39, 0.29) is 0 Å². The van der Waals surface area contributed by atoms with Crippen molar-refractivity contribution in [3.05, 3.63) is 79.0 Å². The van der Waals surface area contributed by atoms with E-state index in [1.165, 1.54) is 5.56 Å². The Balaban J connectivity index is 2.27. The van der Waals surface area contributed by atoms with Crippen molar-refractivity contribution in [3.63, 3.8) is 0 Å². The van der Waals surface area contributed by atoms with Crippen LogP contribution in [0.15, 0.2) is 73.5 Å². The third-order valence-corrected chi connectivity index (χ3v) is 3.64. The second-order valence-electron chi connectivity index (χ2n) is 5.41. The van der Waals surface area contributed by atoms with Gasteiger partial charge in [0.1, 0.15) is 5.69 Å². The monoisotopic (exact) mass is 301 g/mol. The van der Waals surface area contributed by atoms with E-state index in [1.807, 2.05) is 30.4 Å². The highest BCUT2D eigenvalue weighted by Crippen LogP contribution is 2.27. The normalized spacial score (nSPS) is 12.2. The molecule has 2 aromatic heterocycles. The third kappa shape index (κ3) is 2.99. The van der Waals surface area contributed by atoms with Crippen LogP contribution in [0.25, 0.3) is 28.2 Å². The molecule has 1 aromatic carbocycles. The van der Waals surface area contributed by atoms with E-state index in [0.29, 0.717) is 0 Å². The zero-order valence-corrected chi connectivity index (χ0v) is 13.4. The summed E-state index contributed by atoms with van der Waals surface area (Å²) in [6, 6.07) is 12.2. The van der Waals surface area contributed by atoms with Gasteiger partial charge in [0.15, 0.2) is 5.82 Å². The molecule has 23 heavy (non-hydrogen) atoms. The van der Waals surface area contributed by atoms with Gasteiger partial charge in [-0.25, -0.2) is 4.98 Å². The highest BCUT2D eigenvalue weighted by molar-refractivity contribution is 5.85. The zero-order valence-electron chi connectivity index (χ0n) is 13.4. The number of hydrogen-bond acceptors (Lipinski definition) is 2. The maximum atomic E-state index is 4.79. The van der Waals surface area contributed by atoms with Crippen molar-refractivity contribution in [2.24, 2.45) is 0 Å². The number of rotatable bonds is 4. The van der Waals surface area contributed by atoms with Crippen LogP contribution in [-0.4, -0.2) is 14.5 Å². The first kappa shape index (κ1) is 15.0. The SMILES string of the molecule is C=C/C=C\C=C(/C)n1c(-c2ccccn2)nc2ccc(C)cc21. The van der Waals surface area contributed by atoms with Gasteiger partial charge in [-0.05, 0) is 49.8 Å². The predicted octanol–water partition coefficient (Wildman–Crippen LogP) is 5.01. The Labute approximate surface area is 136 Å². The van der Waals surface area contributed by atoms with E-state index in [4.69, 9.17) is 4.98 Å². The van der Waals surface area contributed by atoms with Crippen molar-refractivity contribution in [1.29, 1.82) is 0 Å². The molecule has 0 aliphatic carbocycles. The second kappa shape index (κ2) is 6.44. The van der Waals surface area contributed by atoms with Crippen LogP contribution < -0.4 is 0 Å². The van der Waals surface area contributed by atoms with Gasteiger partial charge in [-0.2, -0.15) is 0 Å². The van der Waals surface area contributed by atoms with Crippen LogP contribution in [0, 0.1) is 6.92 Å². The lowest BCUT2D eigenvalue weighted by Crippen LogP contribution is -1.98. The number of fused-ring (bicyclic) bond motifs is 1. The largest absolute Gasteiger partial charge is 0.295 e. The minimum atomic E-state index is 0.854. The van der Waals surface area contributed by atoms with Gasteiger partial charge in [-0.3, -0.25) is 9.55 Å². The number of aromatic nitrogens is 3. The smallest absolute Gasteiger partial charge is 0.164 e. The maximum Gasteiger partial charge on any atom is 0.164 e. The number of imidazole rings is 1. The van der Waals surface area contributed by atoms with Crippen LogP contribution in [0.3, 0.4) is 0 Å². The van der Waals surface area contributed by atoms with Gasteiger partial charge < -0.3 is 0 Å². The summed E-state index contributed by atoms with van der Waals surface area (Å²) in [5.74, 6) is 0.854. The van der Waals surface area contributed by atoms with Crippen molar-refractivity contribution in [2.75, 3.05) is 0 Å². The molecule has 0 saturated heterocycles. The molecular formula is C20H19N3. The molecule has 3 rings (SSSR count). The minimum absolute atomic E-state index is 0.854. The van der Waals surface area contributed by atoms with E-state index in [1.54, 1.807) is 12.3 Å². The molecule has 0 amide bonds. The molecule has 0 fully saturated rings. The van der Waals surface area contributed by atoms with E-state index < -0.39 is 0 Å². The molecule has 0 unspecified atom stereocenters. The number of allylic oxidation sites excluding steroid dienone is 5. The maximum absolute atomic E-state index is 4.79. The van der Waals surface area contributed by atoms with Gasteiger partial charge in [0.2, 0.25) is 0 Å². The van der Waals surface area contributed by atoms with Crippen LogP contribution >= 0.6 is 0 Å². The summed E-state index contributed by atoms with van der Waals surface area (Å²) in [5.41, 5.74) is 5.21. The van der Waals surface area contributed by atoms with Crippen molar-refractivity contribution in [3.8, 4) is 11.5 Å². The van der Waals surface area contributed by atoms with E-state index in [9.17, 15) is 0 Å². The Morgan fingerprint density at radius 1 is 1.17 bits per heavy atom. The summed E-state index contributed by atoms with van der Waals surface area (Å²) in [6.45, 7) is 7.87. The first-order valence-electron chi connectivity index (χ1n) is 7.57. The summed E-state index contributed by atoms with van der Waals surface area (Å²) in [4.78, 5) is 9.25. The topological polar surface area (TPSA) is 30.7 Å². The fourth-order valence-corrected chi connectivity index (χ4v) is 2.56. The Hall–Kier alpha value is -2.94. The molecule has 0 saturated carbocycles. The molecule has 0 aliphatic heterocycles. The minimum Gasteiger partial charge on any atom is -0.295 e. The summed E-state index contributed by atoms with van der Waals surface area (Å²) < 4.78 is 2.15. The highest BCUT2D eigenvalue weighted by atomic mass is 15.1. The number of nitrogens with zero attached hydrogens (tertiary/aromatic N) is 3. The lowest BCUT2D eigenvalue weighted by molar-refractivity contribution is 1.09. The molecule has 2 heterocycles. The van der Waals surface area contributed by atoms with Gasteiger partial charge in [-0.15, -0.1) is 0 Å². The Kier molecular flexibility index (Phi) is 4.20. The van der Waals surface area contributed by atoms with Gasteiger partial charge in [0.25, 0.3) is 0 Å². The van der Waals surface area contributed by atoms with Crippen molar-refractivity contribution >= 4 is 16.7 Å². The number of benzene rings is 1. The predicted molar refractivity (Wildman–Crippen MR) is 97.0 cm³/mol. The molecule has 0 aliphatic rings. The molecule has 3 heteroatoms. The summed E-state index contributed by atoms with van der Waals surface area (Å²) >= 11 is 0. The number of pyridine rings is 1. The van der Waals surface area contributed by atoms with Gasteiger partial charge >= 0.3 is 0 Å². The first-order chi connectivity index (χ1) is 11.2. The van der Waals surface area contributed by atoms with E-state index in [2.05, 4.69) is 54.3 Å². The highest BCUT2D eigenvalue weighted by Gasteiger charge is 2.14. The lowest BCUT2D eigenvalue weighted by Gasteiger charge is -2.09. The average Bonchev–Trinajstić information content (AvgIpc) is 2.94. The van der Waals surface area contributed by atoms with Gasteiger partial charge in [0, 0.05) is 11.9 Å². The molecule has 3 nitrogen and oxygen atoms in total. The fourth-order valence-electron chi connectivity index (χ4n) is 2.56. The molecule has 0 radical (unpaired) electrons. The molecule has 0 N–H and O–H groups in total. The molecule has 3 aromatic rings. The van der Waals surface area contributed by atoms with Crippen molar-refractivity contribution in [1.82, 2.24) is 14.5 Å². The standard InChI is InChI=1S/C20H19N3/c1-4-5-6-9-16(3)23-19-14-15(2)11-12-17(19)22-20(23)18-10-7-8-13-21-18/h4-14H,1H2,2-3H3/b6-5-,16-9+. The number of hydrogen-bond donors (Lipinski definition) is 0. The quantitative estimate of drug-likeness (QED) is 0.634. The molecule has 0 atom stereocenters.